The highest BCUT2D eigenvalue weighted by Gasteiger charge is 2.51. The van der Waals surface area contributed by atoms with E-state index in [1.807, 2.05) is 0 Å². The normalized spacial score (nSPS) is 25.4. The van der Waals surface area contributed by atoms with Crippen molar-refractivity contribution in [2.75, 3.05) is 19.8 Å². The van der Waals surface area contributed by atoms with E-state index in [2.05, 4.69) is 5.32 Å². The third-order valence-corrected chi connectivity index (χ3v) is 4.45. The molecule has 11 nitrogen and oxygen atoms in total. The molecule has 0 bridgehead atoms. The van der Waals surface area contributed by atoms with Gasteiger partial charge in [-0.25, -0.2) is 0 Å². The molecule has 1 saturated heterocycles. The molecule has 0 aliphatic carbocycles. The topological polar surface area (TPSA) is 152 Å². The second-order valence-corrected chi connectivity index (χ2v) is 7.29. The average Bonchev–Trinajstić information content (AvgIpc) is 2.66. The Morgan fingerprint density at radius 3 is 2.03 bits per heavy atom. The van der Waals surface area contributed by atoms with Gasteiger partial charge in [-0.05, 0) is 19.4 Å². The molecule has 0 saturated carbocycles. The summed E-state index contributed by atoms with van der Waals surface area (Å²) in [6, 6.07) is -0.941. The quantitative estimate of drug-likeness (QED) is 0.241. The van der Waals surface area contributed by atoms with E-state index in [0.29, 0.717) is 13.2 Å². The molecule has 0 aromatic heterocycles. The Balaban J connectivity index is 3.07. The number of amides is 1. The van der Waals surface area contributed by atoms with Crippen LogP contribution < -0.4 is 11.1 Å². The lowest BCUT2D eigenvalue weighted by atomic mass is 9.96. The Hall–Kier alpha value is -2.24. The van der Waals surface area contributed by atoms with Gasteiger partial charge >= 0.3 is 17.9 Å². The van der Waals surface area contributed by atoms with Gasteiger partial charge in [0.1, 0.15) is 18.8 Å². The van der Waals surface area contributed by atoms with Crippen molar-refractivity contribution in [3.05, 3.63) is 0 Å². The van der Waals surface area contributed by atoms with Gasteiger partial charge in [0.05, 0.1) is 0 Å². The van der Waals surface area contributed by atoms with Gasteiger partial charge in [-0.2, -0.15) is 0 Å². The maximum Gasteiger partial charge on any atom is 0.303 e. The van der Waals surface area contributed by atoms with Crippen LogP contribution in [0.3, 0.4) is 0 Å². The summed E-state index contributed by atoms with van der Waals surface area (Å²) >= 11 is 0. The predicted molar refractivity (Wildman–Crippen MR) is 107 cm³/mol. The molecule has 11 heteroatoms. The Bertz CT molecular complexity index is 613. The summed E-state index contributed by atoms with van der Waals surface area (Å²) in [7, 11) is 0. The van der Waals surface area contributed by atoms with Crippen molar-refractivity contribution in [2.45, 2.75) is 84.0 Å². The molecule has 0 aromatic carbocycles. The fourth-order valence-electron chi connectivity index (χ4n) is 3.23. The van der Waals surface area contributed by atoms with Crippen LogP contribution in [0.4, 0.5) is 0 Å². The van der Waals surface area contributed by atoms with Gasteiger partial charge in [-0.3, -0.25) is 19.2 Å². The number of nitrogens with one attached hydrogen (secondary N) is 1. The number of nitrogens with two attached hydrogens (primary N) is 1. The Kier molecular flexibility index (Phi) is 12.1. The van der Waals surface area contributed by atoms with E-state index in [4.69, 9.17) is 29.4 Å². The molecule has 178 valence electrons. The van der Waals surface area contributed by atoms with Crippen molar-refractivity contribution < 1.29 is 42.9 Å². The molecular formula is C20H34N2O9. The number of rotatable bonds is 12. The van der Waals surface area contributed by atoms with E-state index in [9.17, 15) is 19.2 Å². The smallest absolute Gasteiger partial charge is 0.303 e. The van der Waals surface area contributed by atoms with E-state index >= 15 is 0 Å². The molecule has 0 radical (unpaired) electrons. The van der Waals surface area contributed by atoms with Gasteiger partial charge in [-0.1, -0.05) is 12.8 Å². The van der Waals surface area contributed by atoms with Crippen LogP contribution in [-0.2, 0) is 42.9 Å². The number of hydrogen-bond acceptors (Lipinski definition) is 10. The zero-order chi connectivity index (χ0) is 23.4. The Morgan fingerprint density at radius 1 is 0.871 bits per heavy atom. The fourth-order valence-corrected chi connectivity index (χ4v) is 3.23. The number of esters is 3. The van der Waals surface area contributed by atoms with Gasteiger partial charge in [0, 0.05) is 34.3 Å². The molecule has 1 amide bonds. The molecular weight excluding hydrogens is 412 g/mol. The summed E-state index contributed by atoms with van der Waals surface area (Å²) < 4.78 is 27.5. The van der Waals surface area contributed by atoms with E-state index in [-0.39, 0.29) is 6.61 Å². The summed E-state index contributed by atoms with van der Waals surface area (Å²) in [5, 5.41) is 2.66. The fraction of sp³-hybridized carbons (Fsp3) is 0.800. The van der Waals surface area contributed by atoms with Crippen LogP contribution in [0.5, 0.6) is 0 Å². The molecule has 1 heterocycles. The molecule has 1 rings (SSSR count). The predicted octanol–water partition coefficient (Wildman–Crippen LogP) is 0.178. The maximum atomic E-state index is 11.8. The maximum absolute atomic E-state index is 11.8. The average molecular weight is 446 g/mol. The van der Waals surface area contributed by atoms with Crippen LogP contribution in [0, 0.1) is 0 Å². The molecule has 5 unspecified atom stereocenters. The summed E-state index contributed by atoms with van der Waals surface area (Å²) in [6.07, 6.45) is -0.719. The zero-order valence-corrected chi connectivity index (χ0v) is 18.6. The molecule has 1 aliphatic heterocycles. The minimum absolute atomic E-state index is 0.256. The highest BCUT2D eigenvalue weighted by molar-refractivity contribution is 5.73. The van der Waals surface area contributed by atoms with Crippen LogP contribution in [0.25, 0.3) is 0 Å². The highest BCUT2D eigenvalue weighted by Crippen LogP contribution is 2.28. The van der Waals surface area contributed by atoms with Crippen molar-refractivity contribution >= 4 is 23.8 Å². The molecule has 31 heavy (non-hydrogen) atoms. The van der Waals surface area contributed by atoms with Gasteiger partial charge in [0.2, 0.25) is 5.91 Å². The van der Waals surface area contributed by atoms with Crippen molar-refractivity contribution in [3.63, 3.8) is 0 Å². The summed E-state index contributed by atoms with van der Waals surface area (Å²) in [5.74, 6) is -2.27. The van der Waals surface area contributed by atoms with Crippen molar-refractivity contribution in [1.82, 2.24) is 5.32 Å². The highest BCUT2D eigenvalue weighted by atomic mass is 16.7. The van der Waals surface area contributed by atoms with Crippen LogP contribution in [0.15, 0.2) is 0 Å². The second kappa shape index (κ2) is 13.9. The van der Waals surface area contributed by atoms with Crippen molar-refractivity contribution in [2.24, 2.45) is 5.73 Å². The second-order valence-electron chi connectivity index (χ2n) is 7.29. The van der Waals surface area contributed by atoms with E-state index in [1.54, 1.807) is 0 Å². The lowest BCUT2D eigenvalue weighted by Crippen LogP contribution is -2.66. The number of unbranched alkanes of at least 4 members (excludes halogenated alkanes) is 3. The molecule has 0 aromatic rings. The lowest BCUT2D eigenvalue weighted by molar-refractivity contribution is -0.277. The summed E-state index contributed by atoms with van der Waals surface area (Å²) in [5.41, 5.74) is 5.49. The SMILES string of the molecule is CC(=O)NC1C(OCCCCCCN)OC(COC(C)=O)C(OC(C)=O)C1OC(C)=O. The van der Waals surface area contributed by atoms with Crippen LogP contribution >= 0.6 is 0 Å². The minimum Gasteiger partial charge on any atom is -0.463 e. The molecule has 0 spiro atoms. The number of carbonyl (C=O) groups is 4. The molecule has 5 atom stereocenters. The molecule has 1 aliphatic rings. The molecule has 3 N–H and O–H groups in total. The lowest BCUT2D eigenvalue weighted by Gasteiger charge is -2.44. The largest absolute Gasteiger partial charge is 0.463 e. The zero-order valence-electron chi connectivity index (χ0n) is 18.6. The van der Waals surface area contributed by atoms with E-state index in [0.717, 1.165) is 25.7 Å². The number of carbonyl (C=O) groups excluding carboxylic acids is 4. The first-order valence-electron chi connectivity index (χ1n) is 10.4. The van der Waals surface area contributed by atoms with Gasteiger partial charge in [0.25, 0.3) is 0 Å². The van der Waals surface area contributed by atoms with Crippen LogP contribution in [0.1, 0.15) is 53.4 Å². The third-order valence-electron chi connectivity index (χ3n) is 4.45. The Morgan fingerprint density at radius 2 is 1.48 bits per heavy atom. The van der Waals surface area contributed by atoms with Crippen LogP contribution in [-0.4, -0.2) is 74.2 Å². The molecule has 1 fully saturated rings. The van der Waals surface area contributed by atoms with E-state index in [1.165, 1.54) is 27.7 Å². The number of ether oxygens (including phenoxy) is 5. The van der Waals surface area contributed by atoms with E-state index < -0.39 is 54.5 Å². The summed E-state index contributed by atoms with van der Waals surface area (Å²) in [6.45, 7) is 5.58. The standard InChI is InChI=1S/C20H34N2O9/c1-12(23)22-17-19(30-15(4)26)18(29-14(3)25)16(11-28-13(2)24)31-20(17)27-10-8-6-5-7-9-21/h16-20H,5-11,21H2,1-4H3,(H,22,23). The first-order valence-corrected chi connectivity index (χ1v) is 10.4. The Labute approximate surface area is 182 Å². The first kappa shape index (κ1) is 26.8. The summed E-state index contributed by atoms with van der Waals surface area (Å²) in [4.78, 5) is 46.5. The van der Waals surface area contributed by atoms with Gasteiger partial charge < -0.3 is 34.7 Å². The van der Waals surface area contributed by atoms with Crippen molar-refractivity contribution in [3.8, 4) is 0 Å². The third kappa shape index (κ3) is 10.1. The first-order chi connectivity index (χ1) is 14.6. The number of hydrogen-bond donors (Lipinski definition) is 2. The monoisotopic (exact) mass is 446 g/mol. The van der Waals surface area contributed by atoms with Crippen molar-refractivity contribution in [1.29, 1.82) is 0 Å². The van der Waals surface area contributed by atoms with Gasteiger partial charge in [-0.15, -0.1) is 0 Å². The van der Waals surface area contributed by atoms with Gasteiger partial charge in [0.15, 0.2) is 18.5 Å². The minimum atomic E-state index is -1.12. The van der Waals surface area contributed by atoms with Crippen LogP contribution in [0.2, 0.25) is 0 Å².